The van der Waals surface area contributed by atoms with Crippen LogP contribution in [0.1, 0.15) is 17.3 Å². The van der Waals surface area contributed by atoms with Crippen molar-refractivity contribution in [2.24, 2.45) is 0 Å². The molecule has 0 saturated carbocycles. The molecule has 0 amide bonds. The number of anilines is 1. The maximum atomic E-state index is 13.2. The molecule has 0 spiro atoms. The molecular weight excluding hydrogens is 197 g/mol. The lowest BCUT2D eigenvalue weighted by Crippen LogP contribution is -2.12. The SMILES string of the molecule is C=CC(C)Nc1ccc(C(=O)O)c(F)c1. The maximum absolute atomic E-state index is 13.2. The van der Waals surface area contributed by atoms with E-state index in [0.29, 0.717) is 5.69 Å². The molecule has 0 fully saturated rings. The van der Waals surface area contributed by atoms with Crippen molar-refractivity contribution < 1.29 is 14.3 Å². The average molecular weight is 209 g/mol. The van der Waals surface area contributed by atoms with E-state index < -0.39 is 11.8 Å². The van der Waals surface area contributed by atoms with Gasteiger partial charge in [0.05, 0.1) is 5.56 Å². The maximum Gasteiger partial charge on any atom is 0.338 e. The van der Waals surface area contributed by atoms with Gasteiger partial charge in [-0.3, -0.25) is 0 Å². The number of rotatable bonds is 4. The Morgan fingerprint density at radius 1 is 1.67 bits per heavy atom. The van der Waals surface area contributed by atoms with Crippen molar-refractivity contribution in [2.75, 3.05) is 5.32 Å². The lowest BCUT2D eigenvalue weighted by atomic mass is 10.2. The van der Waals surface area contributed by atoms with Crippen molar-refractivity contribution in [1.82, 2.24) is 0 Å². The summed E-state index contributed by atoms with van der Waals surface area (Å²) in [5, 5.41) is 11.6. The number of nitrogens with one attached hydrogen (secondary N) is 1. The van der Waals surface area contributed by atoms with Gasteiger partial charge < -0.3 is 10.4 Å². The van der Waals surface area contributed by atoms with Gasteiger partial charge in [-0.15, -0.1) is 6.58 Å². The van der Waals surface area contributed by atoms with E-state index >= 15 is 0 Å². The number of carboxylic acid groups (broad SMARTS) is 1. The molecule has 1 rings (SSSR count). The highest BCUT2D eigenvalue weighted by Gasteiger charge is 2.10. The van der Waals surface area contributed by atoms with Crippen molar-refractivity contribution >= 4 is 11.7 Å². The quantitative estimate of drug-likeness (QED) is 0.749. The minimum Gasteiger partial charge on any atom is -0.478 e. The molecule has 4 heteroatoms. The fourth-order valence-electron chi connectivity index (χ4n) is 1.10. The summed E-state index contributed by atoms with van der Waals surface area (Å²) >= 11 is 0. The number of carbonyl (C=O) groups is 1. The van der Waals surface area contributed by atoms with Crippen molar-refractivity contribution in [3.63, 3.8) is 0 Å². The summed E-state index contributed by atoms with van der Waals surface area (Å²) in [6.45, 7) is 5.43. The van der Waals surface area contributed by atoms with E-state index in [0.717, 1.165) is 6.07 Å². The monoisotopic (exact) mass is 209 g/mol. The van der Waals surface area contributed by atoms with Crippen LogP contribution in [0.15, 0.2) is 30.9 Å². The molecule has 15 heavy (non-hydrogen) atoms. The Labute approximate surface area is 87.2 Å². The van der Waals surface area contributed by atoms with E-state index in [-0.39, 0.29) is 11.6 Å². The van der Waals surface area contributed by atoms with Crippen molar-refractivity contribution in [2.45, 2.75) is 13.0 Å². The molecule has 0 aliphatic rings. The van der Waals surface area contributed by atoms with Gasteiger partial charge >= 0.3 is 5.97 Å². The first-order valence-corrected chi connectivity index (χ1v) is 4.46. The van der Waals surface area contributed by atoms with Crippen LogP contribution in [0.25, 0.3) is 0 Å². The lowest BCUT2D eigenvalue weighted by molar-refractivity contribution is 0.0692. The number of benzene rings is 1. The van der Waals surface area contributed by atoms with Gasteiger partial charge in [0.25, 0.3) is 0 Å². The summed E-state index contributed by atoms with van der Waals surface area (Å²) in [4.78, 5) is 10.5. The molecule has 80 valence electrons. The number of aromatic carboxylic acids is 1. The number of carboxylic acids is 1. The normalized spacial score (nSPS) is 11.9. The predicted molar refractivity (Wildman–Crippen MR) is 56.6 cm³/mol. The summed E-state index contributed by atoms with van der Waals surface area (Å²) in [7, 11) is 0. The first-order valence-electron chi connectivity index (χ1n) is 4.46. The zero-order valence-corrected chi connectivity index (χ0v) is 8.33. The molecular formula is C11H12FNO2. The number of hydrogen-bond donors (Lipinski definition) is 2. The average Bonchev–Trinajstić information content (AvgIpc) is 2.17. The summed E-state index contributed by atoms with van der Waals surface area (Å²) < 4.78 is 13.2. The second-order valence-corrected chi connectivity index (χ2v) is 3.17. The molecule has 2 N–H and O–H groups in total. The van der Waals surface area contributed by atoms with Crippen LogP contribution in [-0.2, 0) is 0 Å². The van der Waals surface area contributed by atoms with Gasteiger partial charge in [-0.1, -0.05) is 6.08 Å². The topological polar surface area (TPSA) is 49.3 Å². The van der Waals surface area contributed by atoms with E-state index in [2.05, 4.69) is 11.9 Å². The molecule has 0 aliphatic carbocycles. The van der Waals surface area contributed by atoms with Crippen LogP contribution >= 0.6 is 0 Å². The third-order valence-corrected chi connectivity index (χ3v) is 1.95. The zero-order valence-electron chi connectivity index (χ0n) is 8.33. The molecule has 0 aliphatic heterocycles. The van der Waals surface area contributed by atoms with Gasteiger partial charge in [-0.2, -0.15) is 0 Å². The Balaban J connectivity index is 2.91. The Kier molecular flexibility index (Phi) is 3.44. The minimum atomic E-state index is -1.27. The molecule has 0 bridgehead atoms. The van der Waals surface area contributed by atoms with Gasteiger partial charge in [-0.05, 0) is 25.1 Å². The van der Waals surface area contributed by atoms with Crippen LogP contribution in [0.3, 0.4) is 0 Å². The highest BCUT2D eigenvalue weighted by Crippen LogP contribution is 2.15. The van der Waals surface area contributed by atoms with Crippen LogP contribution in [0.2, 0.25) is 0 Å². The standard InChI is InChI=1S/C11H12FNO2/c1-3-7(2)13-8-4-5-9(11(14)15)10(12)6-8/h3-7,13H,1H2,2H3,(H,14,15). The molecule has 0 heterocycles. The number of hydrogen-bond acceptors (Lipinski definition) is 2. The highest BCUT2D eigenvalue weighted by atomic mass is 19.1. The van der Waals surface area contributed by atoms with Gasteiger partial charge in [0.15, 0.2) is 0 Å². The summed E-state index contributed by atoms with van der Waals surface area (Å²) in [5.74, 6) is -2.01. The third-order valence-electron chi connectivity index (χ3n) is 1.95. The van der Waals surface area contributed by atoms with E-state index in [1.165, 1.54) is 12.1 Å². The van der Waals surface area contributed by atoms with Gasteiger partial charge in [0.2, 0.25) is 0 Å². The van der Waals surface area contributed by atoms with Gasteiger partial charge in [-0.25, -0.2) is 9.18 Å². The molecule has 3 nitrogen and oxygen atoms in total. The Bertz CT molecular complexity index is 390. The Hall–Kier alpha value is -1.84. The molecule has 1 atom stereocenters. The van der Waals surface area contributed by atoms with Crippen LogP contribution < -0.4 is 5.32 Å². The molecule has 1 aromatic rings. The van der Waals surface area contributed by atoms with Gasteiger partial charge in [0.1, 0.15) is 5.82 Å². The fourth-order valence-corrected chi connectivity index (χ4v) is 1.10. The van der Waals surface area contributed by atoms with Crippen LogP contribution in [0.4, 0.5) is 10.1 Å². The fraction of sp³-hybridized carbons (Fsp3) is 0.182. The molecule has 0 aromatic heterocycles. The summed E-state index contributed by atoms with van der Waals surface area (Å²) in [5.41, 5.74) is 0.205. The van der Waals surface area contributed by atoms with E-state index in [1.807, 2.05) is 6.92 Å². The second kappa shape index (κ2) is 4.59. The molecule has 0 saturated heterocycles. The Morgan fingerprint density at radius 3 is 2.80 bits per heavy atom. The molecule has 1 aromatic carbocycles. The molecule has 1 unspecified atom stereocenters. The van der Waals surface area contributed by atoms with Crippen molar-refractivity contribution in [1.29, 1.82) is 0 Å². The summed E-state index contributed by atoms with van der Waals surface area (Å²) in [6.07, 6.45) is 1.67. The third kappa shape index (κ3) is 2.80. The van der Waals surface area contributed by atoms with E-state index in [1.54, 1.807) is 6.08 Å². The number of halogens is 1. The van der Waals surface area contributed by atoms with Crippen LogP contribution in [0, 0.1) is 5.82 Å². The highest BCUT2D eigenvalue weighted by molar-refractivity contribution is 5.88. The lowest BCUT2D eigenvalue weighted by Gasteiger charge is -2.11. The van der Waals surface area contributed by atoms with E-state index in [4.69, 9.17) is 5.11 Å². The van der Waals surface area contributed by atoms with Crippen LogP contribution in [-0.4, -0.2) is 17.1 Å². The smallest absolute Gasteiger partial charge is 0.338 e. The summed E-state index contributed by atoms with van der Waals surface area (Å²) in [6, 6.07) is 3.91. The largest absolute Gasteiger partial charge is 0.478 e. The minimum absolute atomic E-state index is 0.0000723. The first-order chi connectivity index (χ1) is 7.04. The van der Waals surface area contributed by atoms with Crippen molar-refractivity contribution in [3.8, 4) is 0 Å². The van der Waals surface area contributed by atoms with Crippen molar-refractivity contribution in [3.05, 3.63) is 42.2 Å². The predicted octanol–water partition coefficient (Wildman–Crippen LogP) is 2.51. The van der Waals surface area contributed by atoms with Gasteiger partial charge in [0, 0.05) is 11.7 Å². The molecule has 0 radical (unpaired) electrons. The first kappa shape index (κ1) is 11.2. The zero-order chi connectivity index (χ0) is 11.4. The van der Waals surface area contributed by atoms with E-state index in [9.17, 15) is 9.18 Å². The Morgan fingerprint density at radius 2 is 2.33 bits per heavy atom. The van der Waals surface area contributed by atoms with Crippen LogP contribution in [0.5, 0.6) is 0 Å². The second-order valence-electron chi connectivity index (χ2n) is 3.17.